The van der Waals surface area contributed by atoms with E-state index in [1.54, 1.807) is 0 Å². The van der Waals surface area contributed by atoms with Gasteiger partial charge in [-0.3, -0.25) is 4.48 Å². The van der Waals surface area contributed by atoms with Crippen molar-refractivity contribution in [1.29, 1.82) is 0 Å². The van der Waals surface area contributed by atoms with Crippen molar-refractivity contribution in [2.75, 3.05) is 0 Å². The smallest absolute Gasteiger partial charge is 0.141 e. The number of fused-ring (bicyclic) bond motifs is 6. The van der Waals surface area contributed by atoms with Crippen LogP contribution in [-0.4, -0.2) is 0 Å². The highest BCUT2D eigenvalue weighted by atomic mass is 15.4. The summed E-state index contributed by atoms with van der Waals surface area (Å²) in [5.74, 6) is 0. The number of hydrogen-bond donors (Lipinski definition) is 0. The lowest BCUT2D eigenvalue weighted by Gasteiger charge is -2.37. The number of rotatable bonds is 2. The highest BCUT2D eigenvalue weighted by Gasteiger charge is 2.45. The minimum atomic E-state index is 0.870. The maximum Gasteiger partial charge on any atom is 0.141 e. The molecule has 238 valence electrons. The summed E-state index contributed by atoms with van der Waals surface area (Å²) in [5, 5.41) is 5.62. The van der Waals surface area contributed by atoms with Gasteiger partial charge in [0.15, 0.2) is 0 Å². The molecule has 8 aliphatic carbocycles. The van der Waals surface area contributed by atoms with Crippen LogP contribution in [0.4, 0.5) is 11.4 Å². The molecule has 7 aromatic rings. The summed E-state index contributed by atoms with van der Waals surface area (Å²) in [6, 6.07) is 52.4. The van der Waals surface area contributed by atoms with Crippen LogP contribution in [0.1, 0.15) is 55.6 Å². The van der Waals surface area contributed by atoms with Gasteiger partial charge in [0, 0.05) is 34.4 Å². The zero-order chi connectivity index (χ0) is 32.4. The molecular weight excluding hydrogens is 591 g/mol. The van der Waals surface area contributed by atoms with Gasteiger partial charge >= 0.3 is 0 Å². The van der Waals surface area contributed by atoms with Gasteiger partial charge in [-0.2, -0.15) is 0 Å². The van der Waals surface area contributed by atoms with Crippen LogP contribution < -0.4 is 4.48 Å². The molecule has 0 N–H and O–H groups in total. The molecule has 16 rings (SSSR count). The highest BCUT2D eigenvalue weighted by molar-refractivity contribution is 6.11. The summed E-state index contributed by atoms with van der Waals surface area (Å²) in [6.45, 7) is 1.96. The molecule has 1 heterocycles. The molecule has 0 unspecified atom stereocenters. The Balaban J connectivity index is 1.23. The molecule has 1 nitrogen and oxygen atoms in total. The van der Waals surface area contributed by atoms with Crippen LogP contribution in [0.2, 0.25) is 0 Å². The average Bonchev–Trinajstić information content (AvgIpc) is 3.56. The van der Waals surface area contributed by atoms with Gasteiger partial charge in [-0.15, -0.1) is 0 Å². The minimum absolute atomic E-state index is 0.870. The summed E-state index contributed by atoms with van der Waals surface area (Å²) in [4.78, 5) is 0. The lowest BCUT2D eigenvalue weighted by molar-refractivity contribution is 0.397. The molecule has 8 bridgehead atoms. The Morgan fingerprint density at radius 1 is 0.306 bits per heavy atom. The van der Waals surface area contributed by atoms with Gasteiger partial charge < -0.3 is 0 Å². The molecular formula is C48H42N+. The molecule has 49 heavy (non-hydrogen) atoms. The number of nitrogens with zero attached hydrogens (tertiary/aromatic N) is 1. The van der Waals surface area contributed by atoms with E-state index in [2.05, 4.69) is 133 Å². The van der Waals surface area contributed by atoms with Crippen LogP contribution in [0.15, 0.2) is 133 Å². The van der Waals surface area contributed by atoms with E-state index in [0.717, 1.165) is 68.9 Å². The first-order chi connectivity index (χ1) is 24.2. The summed E-state index contributed by atoms with van der Waals surface area (Å²) in [7, 11) is 0. The predicted octanol–water partition coefficient (Wildman–Crippen LogP) is 11.1. The van der Waals surface area contributed by atoms with Gasteiger partial charge in [0.2, 0.25) is 0 Å². The first-order valence-corrected chi connectivity index (χ1v) is 18.4. The van der Waals surface area contributed by atoms with E-state index in [1.807, 2.05) is 0 Å². The molecule has 0 spiro atoms. The van der Waals surface area contributed by atoms with Gasteiger partial charge in [0.05, 0.1) is 0 Å². The lowest BCUT2D eigenvalue weighted by atomic mass is 9.92. The molecule has 0 radical (unpaired) electrons. The molecule has 0 saturated heterocycles. The van der Waals surface area contributed by atoms with E-state index in [1.165, 1.54) is 88.6 Å². The first-order valence-electron chi connectivity index (χ1n) is 18.4. The second kappa shape index (κ2) is 11.6. The maximum atomic E-state index is 2.64. The monoisotopic (exact) mass is 632 g/mol. The molecule has 1 aliphatic heterocycles. The molecule has 7 aromatic carbocycles. The van der Waals surface area contributed by atoms with Crippen LogP contribution in [0.3, 0.4) is 0 Å². The molecule has 0 atom stereocenters. The standard InChI is InChI=1S/C48H42N/c1-3-7-43-41(5-1)42-6-2-4-8-44(42)46-32-49(31-45(43)46,47-29-37-19-17-33-9-13-35(14-10-33)21-25-39(47)27-23-37)48-30-38-20-18-34-11-15-36(16-12-34)22-26-40(48)28-24-38/h1-16,23-24,27-30H,17-22,25-26,31-32H2/q+1. The number of benzene rings is 7. The van der Waals surface area contributed by atoms with Crippen LogP contribution in [0.5, 0.6) is 0 Å². The van der Waals surface area contributed by atoms with Gasteiger partial charge in [0.1, 0.15) is 24.5 Å². The molecule has 0 fully saturated rings. The quantitative estimate of drug-likeness (QED) is 0.131. The fraction of sp³-hybridized carbons (Fsp3) is 0.208. The van der Waals surface area contributed by atoms with Gasteiger partial charge in [-0.1, -0.05) is 121 Å². The normalized spacial score (nSPS) is 16.3. The fourth-order valence-corrected chi connectivity index (χ4v) is 9.34. The number of quaternary nitrogens is 1. The van der Waals surface area contributed by atoms with Crippen LogP contribution >= 0.6 is 0 Å². The van der Waals surface area contributed by atoms with Crippen molar-refractivity contribution in [2.45, 2.75) is 64.5 Å². The Morgan fingerprint density at radius 3 is 1.04 bits per heavy atom. The van der Waals surface area contributed by atoms with Crippen LogP contribution in [0, 0.1) is 0 Å². The summed E-state index contributed by atoms with van der Waals surface area (Å²) in [6.07, 6.45) is 8.51. The Morgan fingerprint density at radius 2 is 0.633 bits per heavy atom. The topological polar surface area (TPSA) is 0 Å². The zero-order valence-corrected chi connectivity index (χ0v) is 28.2. The first kappa shape index (κ1) is 29.0. The SMILES string of the molecule is c1ccc2c(c1)c1c(c3ccccc32)C[N+](c2cc3ccc2CCc2ccc(cc2)CC3)(c2cc3ccc2CCc2ccc(cc2)CC3)C1. The van der Waals surface area contributed by atoms with Crippen molar-refractivity contribution in [3.05, 3.63) is 189 Å². The number of hydrogen-bond acceptors (Lipinski definition) is 0. The highest BCUT2D eigenvalue weighted by Crippen LogP contribution is 2.51. The Labute approximate surface area is 290 Å². The van der Waals surface area contributed by atoms with Crippen LogP contribution in [-0.2, 0) is 64.5 Å². The van der Waals surface area contributed by atoms with Crippen molar-refractivity contribution < 1.29 is 0 Å². The third kappa shape index (κ3) is 4.94. The van der Waals surface area contributed by atoms with Crippen molar-refractivity contribution in [2.24, 2.45) is 0 Å². The molecule has 0 aromatic heterocycles. The molecule has 1 heteroatoms. The maximum absolute atomic E-state index is 2.64. The third-order valence-electron chi connectivity index (χ3n) is 12.1. The van der Waals surface area contributed by atoms with E-state index >= 15 is 0 Å². The van der Waals surface area contributed by atoms with E-state index in [9.17, 15) is 0 Å². The predicted molar refractivity (Wildman–Crippen MR) is 206 cm³/mol. The summed E-state index contributed by atoms with van der Waals surface area (Å²) >= 11 is 0. The molecule has 9 aliphatic rings. The Kier molecular flexibility index (Phi) is 6.84. The molecule has 0 amide bonds. The Hall–Kier alpha value is -4.98. The van der Waals surface area contributed by atoms with E-state index in [4.69, 9.17) is 0 Å². The van der Waals surface area contributed by atoms with Crippen molar-refractivity contribution >= 4 is 32.9 Å². The summed E-state index contributed by atoms with van der Waals surface area (Å²) < 4.78 is 0.870. The number of aryl methyl sites for hydroxylation is 8. The van der Waals surface area contributed by atoms with E-state index in [-0.39, 0.29) is 0 Å². The summed E-state index contributed by atoms with van der Waals surface area (Å²) in [5.41, 5.74) is 17.8. The van der Waals surface area contributed by atoms with Gasteiger partial charge in [0.25, 0.3) is 0 Å². The zero-order valence-electron chi connectivity index (χ0n) is 28.2. The lowest BCUT2D eigenvalue weighted by Crippen LogP contribution is -2.40. The van der Waals surface area contributed by atoms with E-state index < -0.39 is 0 Å². The molecule has 0 saturated carbocycles. The third-order valence-corrected chi connectivity index (χ3v) is 12.1. The largest absolute Gasteiger partial charge is 0.251 e. The van der Waals surface area contributed by atoms with Crippen molar-refractivity contribution in [1.82, 2.24) is 4.48 Å². The average molecular weight is 633 g/mol. The van der Waals surface area contributed by atoms with Gasteiger partial charge in [-0.05, 0) is 106 Å². The second-order valence-corrected chi connectivity index (χ2v) is 14.9. The van der Waals surface area contributed by atoms with Gasteiger partial charge in [-0.25, -0.2) is 0 Å². The van der Waals surface area contributed by atoms with E-state index in [0.29, 0.717) is 0 Å². The fourth-order valence-electron chi connectivity index (χ4n) is 9.34. The van der Waals surface area contributed by atoms with Crippen molar-refractivity contribution in [3.63, 3.8) is 0 Å². The minimum Gasteiger partial charge on any atom is -0.251 e. The van der Waals surface area contributed by atoms with Crippen molar-refractivity contribution in [3.8, 4) is 0 Å². The second-order valence-electron chi connectivity index (χ2n) is 14.9. The Bertz CT molecular complexity index is 2210. The van der Waals surface area contributed by atoms with Crippen LogP contribution in [0.25, 0.3) is 21.5 Å².